The fraction of sp³-hybridized carbons (Fsp3) is 0.733. The third-order valence-corrected chi connectivity index (χ3v) is 5.70. The highest BCUT2D eigenvalue weighted by atomic mass is 32.2. The number of hydrogen-bond donors (Lipinski definition) is 2. The van der Waals surface area contributed by atoms with Gasteiger partial charge in [-0.1, -0.05) is 12.8 Å². The summed E-state index contributed by atoms with van der Waals surface area (Å²) in [6, 6.07) is 2.23. The van der Waals surface area contributed by atoms with Crippen LogP contribution < -0.4 is 10.0 Å². The molecule has 2 N–H and O–H groups in total. The van der Waals surface area contributed by atoms with Gasteiger partial charge >= 0.3 is 0 Å². The van der Waals surface area contributed by atoms with E-state index in [9.17, 15) is 8.42 Å². The average Bonchev–Trinajstić information content (AvgIpc) is 3.33. The van der Waals surface area contributed by atoms with E-state index >= 15 is 0 Å². The third-order valence-electron chi connectivity index (χ3n) is 4.13. The van der Waals surface area contributed by atoms with E-state index in [0.717, 1.165) is 18.8 Å². The second-order valence-electron chi connectivity index (χ2n) is 6.27. The molecule has 118 valence electrons. The minimum Gasteiger partial charge on any atom is -0.464 e. The Hall–Kier alpha value is -0.850. The average molecular weight is 312 g/mol. The molecule has 2 aliphatic rings. The summed E-state index contributed by atoms with van der Waals surface area (Å²) in [5.41, 5.74) is 0. The van der Waals surface area contributed by atoms with Crippen molar-refractivity contribution in [2.24, 2.45) is 5.92 Å². The van der Waals surface area contributed by atoms with Gasteiger partial charge in [-0.3, -0.25) is 0 Å². The molecule has 2 fully saturated rings. The van der Waals surface area contributed by atoms with Gasteiger partial charge in [-0.05, 0) is 38.5 Å². The lowest BCUT2D eigenvalue weighted by molar-refractivity contribution is 0.456. The molecule has 0 aromatic carbocycles. The molecule has 0 aliphatic heterocycles. The summed E-state index contributed by atoms with van der Waals surface area (Å²) < 4.78 is 32.8. The van der Waals surface area contributed by atoms with E-state index in [4.69, 9.17) is 4.42 Å². The minimum absolute atomic E-state index is 0.279. The standard InChI is InChI=1S/C15H24N2O3S/c1-11-15(9-14(20-11)10-16-13-6-7-13)21(18,19)17-8-2-3-12-4-5-12/h9,12-13,16-17H,2-8,10H2,1H3. The number of hydrogen-bond acceptors (Lipinski definition) is 4. The highest BCUT2D eigenvalue weighted by Gasteiger charge is 2.24. The molecule has 1 aromatic heterocycles. The maximum absolute atomic E-state index is 12.3. The van der Waals surface area contributed by atoms with Gasteiger partial charge in [0.2, 0.25) is 10.0 Å². The van der Waals surface area contributed by atoms with Gasteiger partial charge in [0, 0.05) is 18.7 Å². The molecule has 0 saturated heterocycles. The fourth-order valence-electron chi connectivity index (χ4n) is 2.49. The molecule has 0 spiro atoms. The Kier molecular flexibility index (Phi) is 4.38. The lowest BCUT2D eigenvalue weighted by Gasteiger charge is -2.04. The third kappa shape index (κ3) is 4.31. The van der Waals surface area contributed by atoms with E-state index in [1.54, 1.807) is 13.0 Å². The maximum Gasteiger partial charge on any atom is 0.244 e. The number of rotatable bonds is 9. The summed E-state index contributed by atoms with van der Waals surface area (Å²) in [6.45, 7) is 2.82. The zero-order valence-electron chi connectivity index (χ0n) is 12.5. The van der Waals surface area contributed by atoms with Gasteiger partial charge in [0.05, 0.1) is 6.54 Å². The molecule has 2 saturated carbocycles. The van der Waals surface area contributed by atoms with Crippen LogP contribution in [-0.4, -0.2) is 21.0 Å². The molecule has 0 radical (unpaired) electrons. The van der Waals surface area contributed by atoms with E-state index in [1.165, 1.54) is 25.7 Å². The van der Waals surface area contributed by atoms with Crippen molar-refractivity contribution < 1.29 is 12.8 Å². The first-order valence-electron chi connectivity index (χ1n) is 7.87. The Morgan fingerprint density at radius 1 is 1.29 bits per heavy atom. The number of sulfonamides is 1. The SMILES string of the molecule is Cc1oc(CNC2CC2)cc1S(=O)(=O)NCCCC1CC1. The van der Waals surface area contributed by atoms with Crippen molar-refractivity contribution in [1.29, 1.82) is 0 Å². The lowest BCUT2D eigenvalue weighted by atomic mass is 10.2. The number of furan rings is 1. The van der Waals surface area contributed by atoms with E-state index in [2.05, 4.69) is 10.0 Å². The summed E-state index contributed by atoms with van der Waals surface area (Å²) >= 11 is 0. The Morgan fingerprint density at radius 2 is 2.05 bits per heavy atom. The van der Waals surface area contributed by atoms with Gasteiger partial charge in [-0.15, -0.1) is 0 Å². The molecule has 1 heterocycles. The second-order valence-corrected chi connectivity index (χ2v) is 8.01. The van der Waals surface area contributed by atoms with Crippen LogP contribution in [0.4, 0.5) is 0 Å². The van der Waals surface area contributed by atoms with Crippen LogP contribution >= 0.6 is 0 Å². The van der Waals surface area contributed by atoms with Crippen LogP contribution in [0.2, 0.25) is 0 Å². The largest absolute Gasteiger partial charge is 0.464 e. The first-order valence-corrected chi connectivity index (χ1v) is 9.35. The summed E-state index contributed by atoms with van der Waals surface area (Å²) in [4.78, 5) is 0.279. The van der Waals surface area contributed by atoms with E-state index in [-0.39, 0.29) is 4.90 Å². The Morgan fingerprint density at radius 3 is 2.71 bits per heavy atom. The molecular formula is C15H24N2O3S. The van der Waals surface area contributed by atoms with Gasteiger partial charge in [-0.25, -0.2) is 13.1 Å². The Bertz CT molecular complexity index is 586. The zero-order chi connectivity index (χ0) is 14.9. The van der Waals surface area contributed by atoms with Crippen LogP contribution in [0.25, 0.3) is 0 Å². The quantitative estimate of drug-likeness (QED) is 0.686. The topological polar surface area (TPSA) is 71.3 Å². The Balaban J connectivity index is 1.54. The van der Waals surface area contributed by atoms with Crippen LogP contribution in [0.5, 0.6) is 0 Å². The predicted molar refractivity (Wildman–Crippen MR) is 80.5 cm³/mol. The van der Waals surface area contributed by atoms with Gasteiger partial charge < -0.3 is 9.73 Å². The van der Waals surface area contributed by atoms with Crippen molar-refractivity contribution in [3.8, 4) is 0 Å². The summed E-state index contributed by atoms with van der Waals surface area (Å²) in [5, 5.41) is 3.33. The molecule has 3 rings (SSSR count). The van der Waals surface area contributed by atoms with Crippen LogP contribution in [0.3, 0.4) is 0 Å². The van der Waals surface area contributed by atoms with E-state index < -0.39 is 10.0 Å². The predicted octanol–water partition coefficient (Wildman–Crippen LogP) is 2.31. The van der Waals surface area contributed by atoms with Crippen LogP contribution in [0, 0.1) is 12.8 Å². The molecule has 5 nitrogen and oxygen atoms in total. The van der Waals surface area contributed by atoms with E-state index in [0.29, 0.717) is 30.7 Å². The number of nitrogens with one attached hydrogen (secondary N) is 2. The van der Waals surface area contributed by atoms with Gasteiger partial charge in [0.1, 0.15) is 16.4 Å². The zero-order valence-corrected chi connectivity index (χ0v) is 13.3. The van der Waals surface area contributed by atoms with Gasteiger partial charge in [0.15, 0.2) is 0 Å². The summed E-state index contributed by atoms with van der Waals surface area (Å²) in [7, 11) is -3.44. The molecule has 0 amide bonds. The van der Waals surface area contributed by atoms with Crippen molar-refractivity contribution in [2.75, 3.05) is 6.54 Å². The van der Waals surface area contributed by atoms with E-state index in [1.807, 2.05) is 0 Å². The van der Waals surface area contributed by atoms with Crippen molar-refractivity contribution in [2.45, 2.75) is 62.9 Å². The van der Waals surface area contributed by atoms with Crippen LogP contribution in [-0.2, 0) is 16.6 Å². The molecule has 6 heteroatoms. The normalized spacial score (nSPS) is 19.1. The monoisotopic (exact) mass is 312 g/mol. The number of aryl methyl sites for hydroxylation is 1. The molecule has 1 aromatic rings. The van der Waals surface area contributed by atoms with Crippen molar-refractivity contribution in [1.82, 2.24) is 10.0 Å². The first-order chi connectivity index (χ1) is 10.0. The van der Waals surface area contributed by atoms with Gasteiger partial charge in [0.25, 0.3) is 0 Å². The van der Waals surface area contributed by atoms with Crippen LogP contribution in [0.1, 0.15) is 50.0 Å². The maximum atomic E-state index is 12.3. The lowest BCUT2D eigenvalue weighted by Crippen LogP contribution is -2.25. The first kappa shape index (κ1) is 15.1. The molecule has 0 atom stereocenters. The molecule has 0 unspecified atom stereocenters. The van der Waals surface area contributed by atoms with Crippen LogP contribution in [0.15, 0.2) is 15.4 Å². The highest BCUT2D eigenvalue weighted by Crippen LogP contribution is 2.33. The molecule has 0 bridgehead atoms. The molecule has 21 heavy (non-hydrogen) atoms. The minimum atomic E-state index is -3.44. The summed E-state index contributed by atoms with van der Waals surface area (Å²) in [6.07, 6.45) is 7.07. The van der Waals surface area contributed by atoms with Crippen molar-refractivity contribution >= 4 is 10.0 Å². The second kappa shape index (κ2) is 6.10. The smallest absolute Gasteiger partial charge is 0.244 e. The van der Waals surface area contributed by atoms with Gasteiger partial charge in [-0.2, -0.15) is 0 Å². The highest BCUT2D eigenvalue weighted by molar-refractivity contribution is 7.89. The van der Waals surface area contributed by atoms with Crippen molar-refractivity contribution in [3.63, 3.8) is 0 Å². The Labute approximate surface area is 126 Å². The summed E-state index contributed by atoms with van der Waals surface area (Å²) in [5.74, 6) is 2.00. The fourth-order valence-corrected chi connectivity index (χ4v) is 3.77. The molecular weight excluding hydrogens is 288 g/mol. The molecule has 2 aliphatic carbocycles. The van der Waals surface area contributed by atoms with Crippen molar-refractivity contribution in [3.05, 3.63) is 17.6 Å².